The molecule has 0 N–H and O–H groups in total. The minimum atomic E-state index is -0.608. The second-order valence-corrected chi connectivity index (χ2v) is 10.6. The van der Waals surface area contributed by atoms with Crippen molar-refractivity contribution in [2.24, 2.45) is 0 Å². The van der Waals surface area contributed by atoms with Gasteiger partial charge in [-0.25, -0.2) is 9.37 Å². The smallest absolute Gasteiger partial charge is 0.313 e. The zero-order valence-electron chi connectivity index (χ0n) is 19.7. The molecule has 7 nitrogen and oxygen atoms in total. The number of ether oxygens (including phenoxy) is 1. The number of thioether (sulfide) groups is 1. The van der Waals surface area contributed by atoms with Gasteiger partial charge in [-0.3, -0.25) is 23.5 Å². The molecule has 0 aliphatic rings. The van der Waals surface area contributed by atoms with Gasteiger partial charge in [-0.05, 0) is 68.9 Å². The molecular formula is C25H22FN3O4S3. The van der Waals surface area contributed by atoms with Crippen LogP contribution in [0.2, 0.25) is 0 Å². The Morgan fingerprint density at radius 2 is 1.86 bits per heavy atom. The molecular weight excluding hydrogens is 521 g/mol. The van der Waals surface area contributed by atoms with E-state index in [1.807, 2.05) is 32.0 Å². The van der Waals surface area contributed by atoms with Gasteiger partial charge in [0, 0.05) is 0 Å². The van der Waals surface area contributed by atoms with Crippen molar-refractivity contribution in [1.82, 2.24) is 14.1 Å². The lowest BCUT2D eigenvalue weighted by molar-refractivity contribution is -0.145. The Bertz CT molecular complexity index is 1590. The average molecular weight is 544 g/mol. The Hall–Kier alpha value is -3.15. The summed E-state index contributed by atoms with van der Waals surface area (Å²) < 4.78 is 22.3. The zero-order chi connectivity index (χ0) is 26.0. The Balaban J connectivity index is 1.87. The molecule has 0 radical (unpaired) electrons. The fraction of sp³-hybridized carbons (Fsp3) is 0.240. The maximum absolute atomic E-state index is 13.7. The number of aryl methyl sites for hydroxylation is 2. The SMILES string of the molecule is CCOC(=O)CC(=O)CSc1nc2c(sc(=S)n2-c2ccc(C)cc2C)c(=O)n1-c1ccc(F)cc1. The topological polar surface area (TPSA) is 83.2 Å². The van der Waals surface area contributed by atoms with Crippen LogP contribution in [0.5, 0.6) is 0 Å². The van der Waals surface area contributed by atoms with E-state index in [4.69, 9.17) is 21.9 Å². The summed E-state index contributed by atoms with van der Waals surface area (Å²) in [4.78, 5) is 42.5. The van der Waals surface area contributed by atoms with E-state index in [9.17, 15) is 18.8 Å². The Labute approximate surface area is 219 Å². The summed E-state index contributed by atoms with van der Waals surface area (Å²) in [6, 6.07) is 11.3. The minimum Gasteiger partial charge on any atom is -0.466 e. The lowest BCUT2D eigenvalue weighted by atomic mass is 10.1. The van der Waals surface area contributed by atoms with Gasteiger partial charge < -0.3 is 4.74 Å². The number of hydrogen-bond acceptors (Lipinski definition) is 8. The predicted octanol–water partition coefficient (Wildman–Crippen LogP) is 5.34. The van der Waals surface area contributed by atoms with Gasteiger partial charge in [0.25, 0.3) is 5.56 Å². The van der Waals surface area contributed by atoms with Gasteiger partial charge >= 0.3 is 5.97 Å². The first kappa shape index (κ1) is 25.9. The third-order valence-electron chi connectivity index (χ3n) is 5.26. The van der Waals surface area contributed by atoms with Crippen molar-refractivity contribution < 1.29 is 18.7 Å². The van der Waals surface area contributed by atoms with Gasteiger partial charge in [-0.2, -0.15) is 0 Å². The second kappa shape index (κ2) is 10.9. The number of hydrogen-bond donors (Lipinski definition) is 0. The number of rotatable bonds is 8. The number of fused-ring (bicyclic) bond motifs is 1. The molecule has 0 aliphatic carbocycles. The number of esters is 1. The predicted molar refractivity (Wildman–Crippen MR) is 142 cm³/mol. The highest BCUT2D eigenvalue weighted by Crippen LogP contribution is 2.29. The Kier molecular flexibility index (Phi) is 7.82. The van der Waals surface area contributed by atoms with Gasteiger partial charge in [0.05, 0.1) is 23.7 Å². The molecule has 186 valence electrons. The van der Waals surface area contributed by atoms with E-state index >= 15 is 0 Å². The van der Waals surface area contributed by atoms with E-state index in [0.717, 1.165) is 39.9 Å². The van der Waals surface area contributed by atoms with Crippen molar-refractivity contribution in [2.75, 3.05) is 12.4 Å². The number of carbonyl (C=O) groups excluding carboxylic acids is 2. The highest BCUT2D eigenvalue weighted by atomic mass is 32.2. The molecule has 0 spiro atoms. The van der Waals surface area contributed by atoms with Crippen LogP contribution in [0, 0.1) is 23.6 Å². The lowest BCUT2D eigenvalue weighted by Gasteiger charge is -2.13. The molecule has 0 unspecified atom stereocenters. The molecule has 4 aromatic rings. The third-order valence-corrected chi connectivity index (χ3v) is 7.61. The molecule has 0 amide bonds. The summed E-state index contributed by atoms with van der Waals surface area (Å²) in [5.74, 6) is -1.53. The van der Waals surface area contributed by atoms with E-state index in [1.54, 1.807) is 11.5 Å². The van der Waals surface area contributed by atoms with Gasteiger partial charge in [-0.15, -0.1) is 0 Å². The monoisotopic (exact) mass is 543 g/mol. The summed E-state index contributed by atoms with van der Waals surface area (Å²) in [5, 5.41) is 0.225. The fourth-order valence-electron chi connectivity index (χ4n) is 3.69. The number of nitrogens with zero attached hydrogens (tertiary/aromatic N) is 3. The van der Waals surface area contributed by atoms with E-state index in [0.29, 0.717) is 20.0 Å². The van der Waals surface area contributed by atoms with E-state index in [-0.39, 0.29) is 35.3 Å². The summed E-state index contributed by atoms with van der Waals surface area (Å²) >= 11 is 7.78. The van der Waals surface area contributed by atoms with Crippen molar-refractivity contribution in [3.63, 3.8) is 0 Å². The van der Waals surface area contributed by atoms with Crippen molar-refractivity contribution in [3.05, 3.63) is 73.7 Å². The summed E-state index contributed by atoms with van der Waals surface area (Å²) in [6.45, 7) is 5.79. The molecule has 2 aromatic heterocycles. The van der Waals surface area contributed by atoms with Gasteiger partial charge in [0.2, 0.25) is 0 Å². The molecule has 11 heteroatoms. The number of thiazole rings is 1. The molecule has 0 bridgehead atoms. The summed E-state index contributed by atoms with van der Waals surface area (Å²) in [5.41, 5.74) is 3.25. The molecule has 2 heterocycles. The number of carbonyl (C=O) groups is 2. The number of ketones is 1. The van der Waals surface area contributed by atoms with Gasteiger partial charge in [-0.1, -0.05) is 40.8 Å². The number of Topliss-reactive ketones (excluding diaryl/α,β-unsaturated/α-hetero) is 1. The van der Waals surface area contributed by atoms with E-state index in [2.05, 4.69) is 0 Å². The largest absolute Gasteiger partial charge is 0.466 e. The molecule has 0 fully saturated rings. The molecule has 0 saturated heterocycles. The maximum atomic E-state index is 13.7. The number of benzene rings is 2. The van der Waals surface area contributed by atoms with Crippen molar-refractivity contribution in [1.29, 1.82) is 0 Å². The Morgan fingerprint density at radius 1 is 1.14 bits per heavy atom. The Morgan fingerprint density at radius 3 is 2.53 bits per heavy atom. The molecule has 4 rings (SSSR count). The van der Waals surface area contributed by atoms with Crippen LogP contribution in [0.15, 0.2) is 52.4 Å². The summed E-state index contributed by atoms with van der Waals surface area (Å²) in [7, 11) is 0. The highest BCUT2D eigenvalue weighted by molar-refractivity contribution is 7.99. The van der Waals surface area contributed by atoms with Crippen LogP contribution >= 0.6 is 35.3 Å². The van der Waals surface area contributed by atoms with Crippen molar-refractivity contribution in [2.45, 2.75) is 32.3 Å². The van der Waals surface area contributed by atoms with Crippen LogP contribution in [0.3, 0.4) is 0 Å². The molecule has 0 atom stereocenters. The van der Waals surface area contributed by atoms with Crippen LogP contribution in [-0.2, 0) is 14.3 Å². The number of aromatic nitrogens is 3. The standard InChI is InChI=1S/C25H22FN3O4S3/c1-4-33-20(31)12-18(30)13-35-24-27-22-21(23(32)28(24)17-8-6-16(26)7-9-17)36-25(34)29(22)19-10-5-14(2)11-15(19)3/h5-11H,4,12-13H2,1-3H3. The van der Waals surface area contributed by atoms with Gasteiger partial charge in [0.15, 0.2) is 20.5 Å². The molecule has 0 aliphatic heterocycles. The maximum Gasteiger partial charge on any atom is 0.313 e. The van der Waals surface area contributed by atoms with Crippen molar-refractivity contribution in [3.8, 4) is 11.4 Å². The van der Waals surface area contributed by atoms with E-state index < -0.39 is 11.8 Å². The molecule has 0 saturated carbocycles. The third kappa shape index (κ3) is 5.32. The van der Waals surface area contributed by atoms with Crippen LogP contribution in [0.4, 0.5) is 4.39 Å². The normalized spacial score (nSPS) is 11.1. The second-order valence-electron chi connectivity index (χ2n) is 7.97. The first-order chi connectivity index (χ1) is 17.2. The molecule has 36 heavy (non-hydrogen) atoms. The van der Waals surface area contributed by atoms with Gasteiger partial charge in [0.1, 0.15) is 16.9 Å². The number of halogens is 1. The first-order valence-electron chi connectivity index (χ1n) is 11.0. The van der Waals surface area contributed by atoms with Crippen LogP contribution < -0.4 is 5.56 Å². The minimum absolute atomic E-state index is 0.105. The average Bonchev–Trinajstić information content (AvgIpc) is 3.15. The van der Waals surface area contributed by atoms with Crippen LogP contribution in [-0.4, -0.2) is 38.2 Å². The van der Waals surface area contributed by atoms with Crippen LogP contribution in [0.1, 0.15) is 24.5 Å². The highest BCUT2D eigenvalue weighted by Gasteiger charge is 2.21. The fourth-order valence-corrected chi connectivity index (χ4v) is 5.84. The summed E-state index contributed by atoms with van der Waals surface area (Å²) in [6.07, 6.45) is -0.374. The lowest BCUT2D eigenvalue weighted by Crippen LogP contribution is -2.22. The van der Waals surface area contributed by atoms with Crippen molar-refractivity contribution >= 4 is 57.4 Å². The van der Waals surface area contributed by atoms with Crippen LogP contribution in [0.25, 0.3) is 21.7 Å². The first-order valence-corrected chi connectivity index (χ1v) is 13.2. The zero-order valence-corrected chi connectivity index (χ0v) is 22.2. The van der Waals surface area contributed by atoms with E-state index in [1.165, 1.54) is 28.8 Å². The quantitative estimate of drug-likeness (QED) is 0.0976. The molecule has 2 aromatic carbocycles.